The summed E-state index contributed by atoms with van der Waals surface area (Å²) in [5.74, 6) is -0.142. The normalized spacial score (nSPS) is 12.8. The molecule has 0 saturated heterocycles. The summed E-state index contributed by atoms with van der Waals surface area (Å²) in [5.41, 5.74) is 0.459. The lowest BCUT2D eigenvalue weighted by Gasteiger charge is -2.33. The molecule has 0 aliphatic heterocycles. The minimum atomic E-state index is -0.624. The average molecular weight is 348 g/mol. The van der Waals surface area contributed by atoms with Crippen LogP contribution < -0.4 is 5.32 Å². The third-order valence-corrected chi connectivity index (χ3v) is 3.71. The number of benzene rings is 1. The maximum absolute atomic E-state index is 13.1. The summed E-state index contributed by atoms with van der Waals surface area (Å²) in [6.45, 7) is 13.7. The summed E-state index contributed by atoms with van der Waals surface area (Å²) in [6.07, 6.45) is -0.567. The zero-order valence-electron chi connectivity index (χ0n) is 16.5. The van der Waals surface area contributed by atoms with Crippen LogP contribution in [0.1, 0.15) is 54.0 Å². The average Bonchev–Trinajstić information content (AvgIpc) is 2.48. The van der Waals surface area contributed by atoms with Crippen molar-refractivity contribution in [1.82, 2.24) is 10.2 Å². The second-order valence-corrected chi connectivity index (χ2v) is 7.91. The molecular formula is C20H32N2O3. The van der Waals surface area contributed by atoms with Crippen LogP contribution >= 0.6 is 0 Å². The predicted octanol–water partition coefficient (Wildman–Crippen LogP) is 3.97. The molecule has 0 aliphatic rings. The van der Waals surface area contributed by atoms with E-state index in [1.54, 1.807) is 25.7 Å². The smallest absolute Gasteiger partial charge is 0.408 e. The molecule has 2 amide bonds. The maximum atomic E-state index is 13.1. The molecule has 1 N–H and O–H groups in total. The fourth-order valence-electron chi connectivity index (χ4n) is 2.42. The SMILES string of the molecule is CC(C)C(NC(=O)OC(C)(C)C)C(=O)N(Cc1ccccc1)C(C)C. The van der Waals surface area contributed by atoms with E-state index in [9.17, 15) is 9.59 Å². The van der Waals surface area contributed by atoms with Crippen molar-refractivity contribution < 1.29 is 14.3 Å². The van der Waals surface area contributed by atoms with Crippen molar-refractivity contribution in [2.24, 2.45) is 5.92 Å². The van der Waals surface area contributed by atoms with E-state index in [0.29, 0.717) is 6.54 Å². The largest absolute Gasteiger partial charge is 0.444 e. The monoisotopic (exact) mass is 348 g/mol. The Kier molecular flexibility index (Phi) is 7.46. The van der Waals surface area contributed by atoms with Gasteiger partial charge in [0.15, 0.2) is 0 Å². The van der Waals surface area contributed by atoms with Crippen molar-refractivity contribution in [1.29, 1.82) is 0 Å². The van der Waals surface area contributed by atoms with Crippen LogP contribution in [-0.2, 0) is 16.1 Å². The second kappa shape index (κ2) is 8.88. The van der Waals surface area contributed by atoms with Gasteiger partial charge in [0.1, 0.15) is 11.6 Å². The Morgan fingerprint density at radius 3 is 2.08 bits per heavy atom. The van der Waals surface area contributed by atoms with Crippen LogP contribution in [0.5, 0.6) is 0 Å². The lowest BCUT2D eigenvalue weighted by molar-refractivity contribution is -0.137. The molecule has 1 rings (SSSR count). The molecule has 0 heterocycles. The van der Waals surface area contributed by atoms with E-state index >= 15 is 0 Å². The number of carbonyl (C=O) groups excluding carboxylic acids is 2. The van der Waals surface area contributed by atoms with Crippen molar-refractivity contribution in [3.05, 3.63) is 35.9 Å². The number of ether oxygens (including phenoxy) is 1. The van der Waals surface area contributed by atoms with Crippen molar-refractivity contribution in [3.63, 3.8) is 0 Å². The fourth-order valence-corrected chi connectivity index (χ4v) is 2.42. The number of nitrogens with zero attached hydrogens (tertiary/aromatic N) is 1. The summed E-state index contributed by atoms with van der Waals surface area (Å²) in [4.78, 5) is 27.0. The van der Waals surface area contributed by atoms with Crippen LogP contribution in [0, 0.1) is 5.92 Å². The van der Waals surface area contributed by atoms with Gasteiger partial charge in [-0.2, -0.15) is 0 Å². The first-order valence-corrected chi connectivity index (χ1v) is 8.85. The van der Waals surface area contributed by atoms with Crippen molar-refractivity contribution in [2.45, 2.75) is 72.7 Å². The van der Waals surface area contributed by atoms with Crippen LogP contribution in [0.3, 0.4) is 0 Å². The number of hydrogen-bond acceptors (Lipinski definition) is 3. The molecule has 1 aromatic carbocycles. The zero-order chi connectivity index (χ0) is 19.2. The summed E-state index contributed by atoms with van der Waals surface area (Å²) in [6, 6.07) is 9.25. The highest BCUT2D eigenvalue weighted by Crippen LogP contribution is 2.15. The number of nitrogens with one attached hydrogen (secondary N) is 1. The van der Waals surface area contributed by atoms with Crippen LogP contribution in [0.2, 0.25) is 0 Å². The van der Waals surface area contributed by atoms with E-state index in [1.807, 2.05) is 58.0 Å². The Balaban J connectivity index is 2.91. The highest BCUT2D eigenvalue weighted by molar-refractivity contribution is 5.86. The molecule has 0 aliphatic carbocycles. The minimum Gasteiger partial charge on any atom is -0.444 e. The zero-order valence-corrected chi connectivity index (χ0v) is 16.5. The third kappa shape index (κ3) is 7.16. The van der Waals surface area contributed by atoms with Gasteiger partial charge in [0.05, 0.1) is 0 Å². The Morgan fingerprint density at radius 1 is 1.08 bits per heavy atom. The number of amides is 2. The highest BCUT2D eigenvalue weighted by atomic mass is 16.6. The molecule has 0 aromatic heterocycles. The van der Waals surface area contributed by atoms with Gasteiger partial charge < -0.3 is 15.0 Å². The molecule has 0 fully saturated rings. The molecule has 140 valence electrons. The standard InChI is InChI=1S/C20H32N2O3/c1-14(2)17(21-19(24)25-20(5,6)7)18(23)22(15(3)4)13-16-11-9-8-10-12-16/h8-12,14-15,17H,13H2,1-7H3,(H,21,24). The van der Waals surface area contributed by atoms with Crippen molar-refractivity contribution in [2.75, 3.05) is 0 Å². The molecule has 0 spiro atoms. The van der Waals surface area contributed by atoms with E-state index in [-0.39, 0.29) is 17.9 Å². The topological polar surface area (TPSA) is 58.6 Å². The second-order valence-electron chi connectivity index (χ2n) is 7.91. The van der Waals surface area contributed by atoms with E-state index in [1.165, 1.54) is 0 Å². The van der Waals surface area contributed by atoms with Crippen LogP contribution in [0.25, 0.3) is 0 Å². The lowest BCUT2D eigenvalue weighted by atomic mass is 10.0. The molecule has 5 nitrogen and oxygen atoms in total. The number of carbonyl (C=O) groups is 2. The summed E-state index contributed by atoms with van der Waals surface area (Å²) >= 11 is 0. The van der Waals surface area contributed by atoms with Gasteiger partial charge in [-0.3, -0.25) is 4.79 Å². The Hall–Kier alpha value is -2.04. The first-order chi connectivity index (χ1) is 11.5. The Labute approximate surface area is 151 Å². The van der Waals surface area contributed by atoms with Crippen LogP contribution in [0.4, 0.5) is 4.79 Å². The van der Waals surface area contributed by atoms with Crippen molar-refractivity contribution >= 4 is 12.0 Å². The van der Waals surface area contributed by atoms with Crippen molar-refractivity contribution in [3.8, 4) is 0 Å². The molecule has 1 aromatic rings. The molecular weight excluding hydrogens is 316 g/mol. The summed E-state index contributed by atoms with van der Waals surface area (Å²) in [7, 11) is 0. The van der Waals surface area contributed by atoms with Gasteiger partial charge in [-0.1, -0.05) is 44.2 Å². The molecule has 25 heavy (non-hydrogen) atoms. The number of hydrogen-bond donors (Lipinski definition) is 1. The van der Waals surface area contributed by atoms with Gasteiger partial charge in [-0.15, -0.1) is 0 Å². The molecule has 1 unspecified atom stereocenters. The van der Waals surface area contributed by atoms with Gasteiger partial charge >= 0.3 is 6.09 Å². The molecule has 1 atom stereocenters. The first-order valence-electron chi connectivity index (χ1n) is 8.85. The first kappa shape index (κ1) is 21.0. The molecule has 0 radical (unpaired) electrons. The van der Waals surface area contributed by atoms with Crippen LogP contribution in [-0.4, -0.2) is 34.6 Å². The third-order valence-electron chi connectivity index (χ3n) is 3.71. The van der Waals surface area contributed by atoms with Gasteiger partial charge in [-0.25, -0.2) is 4.79 Å². The highest BCUT2D eigenvalue weighted by Gasteiger charge is 2.31. The van der Waals surface area contributed by atoms with Gasteiger partial charge in [0, 0.05) is 12.6 Å². The minimum absolute atomic E-state index is 0.0226. The summed E-state index contributed by atoms with van der Waals surface area (Å²) < 4.78 is 5.31. The maximum Gasteiger partial charge on any atom is 0.408 e. The molecule has 5 heteroatoms. The van der Waals surface area contributed by atoms with Gasteiger partial charge in [0.2, 0.25) is 5.91 Å². The van der Waals surface area contributed by atoms with E-state index in [0.717, 1.165) is 5.56 Å². The van der Waals surface area contributed by atoms with E-state index in [2.05, 4.69) is 5.32 Å². The van der Waals surface area contributed by atoms with E-state index < -0.39 is 17.7 Å². The molecule has 0 bridgehead atoms. The van der Waals surface area contributed by atoms with Gasteiger partial charge in [0.25, 0.3) is 0 Å². The Bertz CT molecular complexity index is 562. The summed E-state index contributed by atoms with van der Waals surface area (Å²) in [5, 5.41) is 2.74. The van der Waals surface area contributed by atoms with Crippen LogP contribution in [0.15, 0.2) is 30.3 Å². The predicted molar refractivity (Wildman–Crippen MR) is 100 cm³/mol. The molecule has 0 saturated carbocycles. The van der Waals surface area contributed by atoms with E-state index in [4.69, 9.17) is 4.74 Å². The Morgan fingerprint density at radius 2 is 1.64 bits per heavy atom. The quantitative estimate of drug-likeness (QED) is 0.846. The number of alkyl carbamates (subject to hydrolysis) is 1. The van der Waals surface area contributed by atoms with Gasteiger partial charge in [-0.05, 0) is 46.1 Å². The lowest BCUT2D eigenvalue weighted by Crippen LogP contribution is -2.53. The fraction of sp³-hybridized carbons (Fsp3) is 0.600. The number of rotatable bonds is 6.